The van der Waals surface area contributed by atoms with E-state index in [1.165, 1.54) is 0 Å². The van der Waals surface area contributed by atoms with Crippen LogP contribution in [0.15, 0.2) is 66.7 Å². The Hall–Kier alpha value is -3.39. The van der Waals surface area contributed by atoms with Crippen molar-refractivity contribution in [1.82, 2.24) is 4.90 Å². The zero-order chi connectivity index (χ0) is 25.8. The van der Waals surface area contributed by atoms with Gasteiger partial charge in [0.1, 0.15) is 6.61 Å². The molecular formula is C29H30ClN3O4. The molecule has 0 radical (unpaired) electrons. The van der Waals surface area contributed by atoms with Gasteiger partial charge in [-0.25, -0.2) is 4.79 Å². The second-order valence-corrected chi connectivity index (χ2v) is 9.92. The average Bonchev–Trinajstić information content (AvgIpc) is 3.73. The summed E-state index contributed by atoms with van der Waals surface area (Å²) in [7, 11) is 0. The summed E-state index contributed by atoms with van der Waals surface area (Å²) in [6, 6.07) is 21.1. The van der Waals surface area contributed by atoms with E-state index < -0.39 is 6.09 Å². The maximum Gasteiger partial charge on any atom is 0.411 e. The van der Waals surface area contributed by atoms with Crippen LogP contribution in [-0.4, -0.2) is 43.2 Å². The second-order valence-electron chi connectivity index (χ2n) is 9.48. The Morgan fingerprint density at radius 3 is 2.43 bits per heavy atom. The monoisotopic (exact) mass is 519 g/mol. The van der Waals surface area contributed by atoms with Gasteiger partial charge in [-0.05, 0) is 70.8 Å². The first-order valence-electron chi connectivity index (χ1n) is 12.5. The highest BCUT2D eigenvalue weighted by atomic mass is 35.5. The van der Waals surface area contributed by atoms with Crippen LogP contribution in [0.2, 0.25) is 5.02 Å². The number of carbonyl (C=O) groups excluding carboxylic acids is 2. The van der Waals surface area contributed by atoms with E-state index in [0.29, 0.717) is 49.1 Å². The number of morpholine rings is 1. The van der Waals surface area contributed by atoms with Crippen molar-refractivity contribution < 1.29 is 19.1 Å². The number of halogens is 1. The maximum atomic E-state index is 13.1. The Bertz CT molecular complexity index is 1280. The minimum Gasteiger partial charge on any atom is -0.444 e. The fourth-order valence-electron chi connectivity index (χ4n) is 4.83. The molecule has 2 amide bonds. The van der Waals surface area contributed by atoms with E-state index in [9.17, 15) is 9.59 Å². The summed E-state index contributed by atoms with van der Waals surface area (Å²) in [5.74, 6) is 0.498. The highest BCUT2D eigenvalue weighted by Crippen LogP contribution is 2.55. The third kappa shape index (κ3) is 6.31. The number of carbonyl (C=O) groups is 2. The molecule has 1 aliphatic carbocycles. The molecule has 1 saturated carbocycles. The smallest absolute Gasteiger partial charge is 0.411 e. The number of ether oxygens (including phenoxy) is 2. The van der Waals surface area contributed by atoms with Crippen molar-refractivity contribution in [2.24, 2.45) is 5.73 Å². The van der Waals surface area contributed by atoms with Gasteiger partial charge >= 0.3 is 6.09 Å². The van der Waals surface area contributed by atoms with Gasteiger partial charge in [-0.2, -0.15) is 0 Å². The van der Waals surface area contributed by atoms with Gasteiger partial charge in [0.2, 0.25) is 0 Å². The van der Waals surface area contributed by atoms with Crippen LogP contribution in [0.25, 0.3) is 0 Å². The molecule has 0 unspecified atom stereocenters. The molecular weight excluding hydrogens is 490 g/mol. The summed E-state index contributed by atoms with van der Waals surface area (Å²) in [4.78, 5) is 27.3. The number of rotatable bonds is 7. The molecule has 2 aliphatic rings. The van der Waals surface area contributed by atoms with Crippen LogP contribution in [0.3, 0.4) is 0 Å². The largest absolute Gasteiger partial charge is 0.444 e. The van der Waals surface area contributed by atoms with Crippen molar-refractivity contribution in [3.8, 4) is 0 Å². The first-order chi connectivity index (χ1) is 18.0. The number of anilines is 1. The summed E-state index contributed by atoms with van der Waals surface area (Å²) in [6.45, 7) is 2.87. The highest BCUT2D eigenvalue weighted by Gasteiger charge is 2.40. The van der Waals surface area contributed by atoms with E-state index >= 15 is 0 Å². The Morgan fingerprint density at radius 1 is 0.973 bits per heavy atom. The summed E-state index contributed by atoms with van der Waals surface area (Å²) in [5, 5.41) is 3.33. The number of nitrogens with two attached hydrogens (primary N) is 1. The van der Waals surface area contributed by atoms with Gasteiger partial charge in [-0.15, -0.1) is 0 Å². The third-order valence-electron chi connectivity index (χ3n) is 6.82. The molecule has 0 aromatic heterocycles. The molecule has 1 aliphatic heterocycles. The van der Waals surface area contributed by atoms with E-state index in [1.807, 2.05) is 59.5 Å². The summed E-state index contributed by atoms with van der Waals surface area (Å²) < 4.78 is 10.7. The quantitative estimate of drug-likeness (QED) is 0.442. The topological polar surface area (TPSA) is 93.9 Å². The summed E-state index contributed by atoms with van der Waals surface area (Å²) in [6.07, 6.45) is 0.392. The van der Waals surface area contributed by atoms with Crippen LogP contribution in [0.5, 0.6) is 0 Å². The molecule has 2 atom stereocenters. The molecule has 5 rings (SSSR count). The molecule has 1 saturated heterocycles. The van der Waals surface area contributed by atoms with Gasteiger partial charge in [-0.3, -0.25) is 10.1 Å². The minimum absolute atomic E-state index is 0.0142. The molecule has 0 spiro atoms. The molecule has 7 nitrogen and oxygen atoms in total. The second kappa shape index (κ2) is 11.3. The molecule has 192 valence electrons. The lowest BCUT2D eigenvalue weighted by Crippen LogP contribution is -2.40. The summed E-state index contributed by atoms with van der Waals surface area (Å²) in [5.41, 5.74) is 11.2. The van der Waals surface area contributed by atoms with Crippen molar-refractivity contribution in [3.63, 3.8) is 0 Å². The van der Waals surface area contributed by atoms with Crippen LogP contribution in [0.1, 0.15) is 50.9 Å². The maximum absolute atomic E-state index is 13.1. The zero-order valence-electron chi connectivity index (χ0n) is 20.5. The number of nitrogens with one attached hydrogen (secondary N) is 1. The number of nitrogens with zero attached hydrogens (tertiary/aromatic N) is 1. The molecule has 1 heterocycles. The lowest BCUT2D eigenvalue weighted by atomic mass is 9.98. The average molecular weight is 520 g/mol. The number of amides is 2. The predicted octanol–water partition coefficient (Wildman–Crippen LogP) is 5.29. The predicted molar refractivity (Wildman–Crippen MR) is 143 cm³/mol. The van der Waals surface area contributed by atoms with Gasteiger partial charge in [0, 0.05) is 35.9 Å². The van der Waals surface area contributed by atoms with E-state index in [0.717, 1.165) is 28.7 Å². The van der Waals surface area contributed by atoms with Gasteiger partial charge in [0.15, 0.2) is 0 Å². The highest BCUT2D eigenvalue weighted by molar-refractivity contribution is 6.31. The molecule has 8 heteroatoms. The van der Waals surface area contributed by atoms with Gasteiger partial charge in [0.25, 0.3) is 5.91 Å². The Balaban J connectivity index is 1.28. The van der Waals surface area contributed by atoms with Gasteiger partial charge in [0.05, 0.1) is 13.2 Å². The fourth-order valence-corrected chi connectivity index (χ4v) is 5.07. The number of benzene rings is 3. The van der Waals surface area contributed by atoms with Gasteiger partial charge < -0.3 is 20.1 Å². The van der Waals surface area contributed by atoms with Crippen LogP contribution < -0.4 is 11.1 Å². The first-order valence-corrected chi connectivity index (χ1v) is 12.9. The van der Waals surface area contributed by atoms with Crippen molar-refractivity contribution >= 4 is 29.3 Å². The van der Waals surface area contributed by atoms with Crippen LogP contribution >= 0.6 is 11.6 Å². The molecule has 3 aromatic carbocycles. The van der Waals surface area contributed by atoms with E-state index in [1.54, 1.807) is 6.07 Å². The normalized spacial score (nSPS) is 18.8. The minimum atomic E-state index is -0.536. The Labute approximate surface area is 221 Å². The first kappa shape index (κ1) is 25.3. The van der Waals surface area contributed by atoms with Crippen molar-refractivity contribution in [3.05, 3.63) is 99.6 Å². The van der Waals surface area contributed by atoms with E-state index in [-0.39, 0.29) is 24.3 Å². The number of hydrogen-bond donors (Lipinski definition) is 2. The van der Waals surface area contributed by atoms with E-state index in [2.05, 4.69) is 11.4 Å². The van der Waals surface area contributed by atoms with E-state index in [4.69, 9.17) is 26.8 Å². The molecule has 3 N–H and O–H groups in total. The van der Waals surface area contributed by atoms with Crippen molar-refractivity contribution in [2.45, 2.75) is 31.4 Å². The van der Waals surface area contributed by atoms with Crippen LogP contribution in [-0.2, 0) is 22.6 Å². The summed E-state index contributed by atoms with van der Waals surface area (Å²) >= 11 is 6.40. The molecule has 37 heavy (non-hydrogen) atoms. The number of hydrogen-bond acceptors (Lipinski definition) is 5. The Kier molecular flexibility index (Phi) is 7.74. The lowest BCUT2D eigenvalue weighted by Gasteiger charge is -2.27. The zero-order valence-corrected chi connectivity index (χ0v) is 21.2. The Morgan fingerprint density at radius 2 is 1.70 bits per heavy atom. The van der Waals surface area contributed by atoms with Crippen LogP contribution in [0, 0.1) is 0 Å². The van der Waals surface area contributed by atoms with Crippen molar-refractivity contribution in [1.29, 1.82) is 0 Å². The standard InChI is InChI=1S/C29H30ClN3O4/c30-24-13-22(14-25(15-24)32-29(35)37-18-19-4-2-1-3-5-19)27-16-26(27)21-10-20(17-31)11-23(12-21)28(34)33-6-8-36-9-7-33/h1-5,10-15,26-27H,6-9,16-18,31H2,(H,32,35)/t26-,27-/m0/s1. The molecule has 0 bridgehead atoms. The lowest BCUT2D eigenvalue weighted by molar-refractivity contribution is 0.0303. The fraction of sp³-hybridized carbons (Fsp3) is 0.310. The SMILES string of the molecule is NCc1cc(C(=O)N2CCOCC2)cc([C@@H]2C[C@H]2c2cc(Cl)cc(NC(=O)OCc3ccccc3)c2)c1. The molecule has 3 aromatic rings. The van der Waals surface area contributed by atoms with Gasteiger partial charge in [-0.1, -0.05) is 48.0 Å². The van der Waals surface area contributed by atoms with Crippen LogP contribution in [0.4, 0.5) is 10.5 Å². The van der Waals surface area contributed by atoms with Crippen molar-refractivity contribution in [2.75, 3.05) is 31.6 Å². The third-order valence-corrected chi connectivity index (χ3v) is 7.04. The molecule has 2 fully saturated rings.